The summed E-state index contributed by atoms with van der Waals surface area (Å²) in [5.41, 5.74) is 1.71. The van der Waals surface area contributed by atoms with E-state index < -0.39 is 0 Å². The van der Waals surface area contributed by atoms with Gasteiger partial charge in [-0.2, -0.15) is 0 Å². The third-order valence-corrected chi connectivity index (χ3v) is 6.42. The predicted octanol–water partition coefficient (Wildman–Crippen LogP) is 4.55. The second-order valence-electron chi connectivity index (χ2n) is 8.76. The molecule has 1 N–H and O–H groups in total. The Morgan fingerprint density at radius 1 is 0.875 bits per heavy atom. The normalized spacial score (nSPS) is 16.7. The molecule has 0 aromatic heterocycles. The average Bonchev–Trinajstić information content (AvgIpc) is 3.69. The largest absolute Gasteiger partial charge is 0.490 e. The van der Waals surface area contributed by atoms with Gasteiger partial charge in [0.25, 0.3) is 5.91 Å². The number of carbonyl (C=O) groups is 2. The fourth-order valence-corrected chi connectivity index (χ4v) is 4.38. The van der Waals surface area contributed by atoms with Gasteiger partial charge in [-0.3, -0.25) is 9.59 Å². The van der Waals surface area contributed by atoms with Gasteiger partial charge >= 0.3 is 0 Å². The van der Waals surface area contributed by atoms with Gasteiger partial charge in [0, 0.05) is 44.0 Å². The molecule has 2 amide bonds. The number of piperidine rings is 1. The van der Waals surface area contributed by atoms with Crippen LogP contribution in [0.2, 0.25) is 0 Å². The zero-order valence-corrected chi connectivity index (χ0v) is 18.1. The van der Waals surface area contributed by atoms with Crippen LogP contribution >= 0.6 is 0 Å². The highest BCUT2D eigenvalue weighted by molar-refractivity contribution is 5.94. The van der Waals surface area contributed by atoms with Crippen LogP contribution in [0.25, 0.3) is 10.8 Å². The number of nitrogens with zero attached hydrogens (tertiary/aromatic N) is 1. The van der Waals surface area contributed by atoms with E-state index >= 15 is 0 Å². The molecule has 1 saturated carbocycles. The Morgan fingerprint density at radius 2 is 1.59 bits per heavy atom. The van der Waals surface area contributed by atoms with Gasteiger partial charge in [-0.05, 0) is 53.4 Å². The molecule has 5 heteroatoms. The van der Waals surface area contributed by atoms with Gasteiger partial charge < -0.3 is 15.0 Å². The van der Waals surface area contributed by atoms with E-state index in [1.54, 1.807) is 12.1 Å². The molecule has 0 spiro atoms. The molecular formula is C27H28N2O3. The van der Waals surface area contributed by atoms with Crippen LogP contribution < -0.4 is 10.1 Å². The Morgan fingerprint density at radius 3 is 2.34 bits per heavy atom. The topological polar surface area (TPSA) is 58.6 Å². The van der Waals surface area contributed by atoms with Crippen molar-refractivity contribution < 1.29 is 14.3 Å². The van der Waals surface area contributed by atoms with E-state index in [-0.39, 0.29) is 17.9 Å². The molecule has 3 aromatic carbocycles. The Balaban J connectivity index is 1.13. The van der Waals surface area contributed by atoms with Gasteiger partial charge in [0.05, 0.1) is 0 Å². The SMILES string of the molecule is O=C(NCc1cccc2ccccc12)c1ccc(OC2CCN(C(=O)C3CC3)CC2)cc1. The summed E-state index contributed by atoms with van der Waals surface area (Å²) < 4.78 is 6.10. The maximum atomic E-state index is 12.6. The van der Waals surface area contributed by atoms with Gasteiger partial charge in [0.15, 0.2) is 0 Å². The molecule has 0 bridgehead atoms. The third-order valence-electron chi connectivity index (χ3n) is 6.42. The highest BCUT2D eigenvalue weighted by Crippen LogP contribution is 2.32. The number of hydrogen-bond acceptors (Lipinski definition) is 3. The molecule has 1 heterocycles. The van der Waals surface area contributed by atoms with Crippen LogP contribution in [0.3, 0.4) is 0 Å². The van der Waals surface area contributed by atoms with Crippen LogP contribution in [0, 0.1) is 5.92 Å². The number of benzene rings is 3. The standard InChI is InChI=1S/C27H28N2O3/c30-26(28-18-22-6-3-5-19-4-1-2-7-25(19)22)20-10-12-23(13-11-20)32-24-14-16-29(17-15-24)27(31)21-8-9-21/h1-7,10-13,21,24H,8-9,14-18H2,(H,28,30). The van der Waals surface area contributed by atoms with Crippen molar-refractivity contribution in [2.45, 2.75) is 38.3 Å². The summed E-state index contributed by atoms with van der Waals surface area (Å²) in [6, 6.07) is 21.7. The molecule has 0 unspecified atom stereocenters. The van der Waals surface area contributed by atoms with Crippen molar-refractivity contribution in [3.8, 4) is 5.75 Å². The number of amides is 2. The van der Waals surface area contributed by atoms with Crippen LogP contribution in [0.4, 0.5) is 0 Å². The van der Waals surface area contributed by atoms with Gasteiger partial charge in [0.2, 0.25) is 5.91 Å². The molecule has 1 saturated heterocycles. The fraction of sp³-hybridized carbons (Fsp3) is 0.333. The number of rotatable bonds is 6. The zero-order valence-electron chi connectivity index (χ0n) is 18.1. The zero-order chi connectivity index (χ0) is 21.9. The van der Waals surface area contributed by atoms with E-state index in [2.05, 4.69) is 23.5 Å². The van der Waals surface area contributed by atoms with Gasteiger partial charge in [-0.15, -0.1) is 0 Å². The second-order valence-corrected chi connectivity index (χ2v) is 8.76. The van der Waals surface area contributed by atoms with Crippen molar-refractivity contribution in [3.63, 3.8) is 0 Å². The lowest BCUT2D eigenvalue weighted by molar-refractivity contribution is -0.134. The number of carbonyl (C=O) groups excluding carboxylic acids is 2. The summed E-state index contributed by atoms with van der Waals surface area (Å²) in [5.74, 6) is 1.27. The van der Waals surface area contributed by atoms with Crippen LogP contribution in [0.15, 0.2) is 66.7 Å². The van der Waals surface area contributed by atoms with Crippen LogP contribution in [-0.4, -0.2) is 35.9 Å². The molecular weight excluding hydrogens is 400 g/mol. The molecule has 5 rings (SSSR count). The monoisotopic (exact) mass is 428 g/mol. The van der Waals surface area contributed by atoms with Crippen LogP contribution in [0.1, 0.15) is 41.6 Å². The van der Waals surface area contributed by atoms with Gasteiger partial charge in [-0.25, -0.2) is 0 Å². The molecule has 5 nitrogen and oxygen atoms in total. The Hall–Kier alpha value is -3.34. The predicted molar refractivity (Wildman–Crippen MR) is 125 cm³/mol. The number of hydrogen-bond donors (Lipinski definition) is 1. The maximum absolute atomic E-state index is 12.6. The highest BCUT2D eigenvalue weighted by atomic mass is 16.5. The smallest absolute Gasteiger partial charge is 0.251 e. The molecule has 0 atom stereocenters. The quantitative estimate of drug-likeness (QED) is 0.627. The molecule has 2 aliphatic rings. The fourth-order valence-electron chi connectivity index (χ4n) is 4.38. The van der Waals surface area contributed by atoms with E-state index in [1.165, 1.54) is 5.39 Å². The van der Waals surface area contributed by atoms with E-state index in [0.29, 0.717) is 18.0 Å². The minimum Gasteiger partial charge on any atom is -0.490 e. The number of nitrogens with one attached hydrogen (secondary N) is 1. The Labute approximate surface area is 188 Å². The first-order valence-electron chi connectivity index (χ1n) is 11.5. The summed E-state index contributed by atoms with van der Waals surface area (Å²) in [6.07, 6.45) is 3.93. The third kappa shape index (κ3) is 4.62. The first-order valence-corrected chi connectivity index (χ1v) is 11.5. The lowest BCUT2D eigenvalue weighted by atomic mass is 10.0. The van der Waals surface area contributed by atoms with Crippen molar-refractivity contribution in [1.82, 2.24) is 10.2 Å². The van der Waals surface area contributed by atoms with Crippen molar-refractivity contribution in [2.24, 2.45) is 5.92 Å². The van der Waals surface area contributed by atoms with Crippen molar-refractivity contribution >= 4 is 22.6 Å². The summed E-state index contributed by atoms with van der Waals surface area (Å²) in [6.45, 7) is 2.03. The van der Waals surface area contributed by atoms with Crippen molar-refractivity contribution in [2.75, 3.05) is 13.1 Å². The lowest BCUT2D eigenvalue weighted by Crippen LogP contribution is -2.42. The molecule has 164 valence electrons. The molecule has 32 heavy (non-hydrogen) atoms. The van der Waals surface area contributed by atoms with E-state index in [4.69, 9.17) is 4.74 Å². The minimum atomic E-state index is -0.101. The maximum Gasteiger partial charge on any atom is 0.251 e. The number of ether oxygens (including phenoxy) is 1. The highest BCUT2D eigenvalue weighted by Gasteiger charge is 2.35. The summed E-state index contributed by atoms with van der Waals surface area (Å²) in [7, 11) is 0. The number of likely N-dealkylation sites (tertiary alicyclic amines) is 1. The Bertz CT molecular complexity index is 1110. The minimum absolute atomic E-state index is 0.101. The van der Waals surface area contributed by atoms with Gasteiger partial charge in [-0.1, -0.05) is 42.5 Å². The van der Waals surface area contributed by atoms with E-state index in [0.717, 1.165) is 55.5 Å². The molecule has 2 fully saturated rings. The summed E-state index contributed by atoms with van der Waals surface area (Å²) in [5, 5.41) is 5.35. The van der Waals surface area contributed by atoms with Crippen LogP contribution in [0.5, 0.6) is 5.75 Å². The lowest BCUT2D eigenvalue weighted by Gasteiger charge is -2.32. The Kier molecular flexibility index (Phi) is 5.80. The first-order chi connectivity index (χ1) is 15.7. The molecule has 1 aliphatic carbocycles. The first kappa shape index (κ1) is 20.6. The van der Waals surface area contributed by atoms with Crippen molar-refractivity contribution in [3.05, 3.63) is 77.9 Å². The molecule has 1 aliphatic heterocycles. The van der Waals surface area contributed by atoms with Crippen molar-refractivity contribution in [1.29, 1.82) is 0 Å². The van der Waals surface area contributed by atoms with E-state index in [9.17, 15) is 9.59 Å². The second kappa shape index (κ2) is 9.03. The molecule has 3 aromatic rings. The number of fused-ring (bicyclic) bond motifs is 1. The van der Waals surface area contributed by atoms with Crippen LogP contribution in [-0.2, 0) is 11.3 Å². The van der Waals surface area contributed by atoms with Gasteiger partial charge in [0.1, 0.15) is 11.9 Å². The average molecular weight is 429 g/mol. The van der Waals surface area contributed by atoms with E-state index in [1.807, 2.05) is 41.3 Å². The summed E-state index contributed by atoms with van der Waals surface area (Å²) in [4.78, 5) is 26.8. The molecule has 0 radical (unpaired) electrons. The summed E-state index contributed by atoms with van der Waals surface area (Å²) >= 11 is 0.